The average Bonchev–Trinajstić information content (AvgIpc) is 2.68. The third kappa shape index (κ3) is 4.64. The van der Waals surface area contributed by atoms with E-state index in [-0.39, 0.29) is 17.1 Å². The number of non-ortho nitro benzene ring substituents is 1. The van der Waals surface area contributed by atoms with E-state index in [1.165, 1.54) is 25.3 Å². The highest BCUT2D eigenvalue weighted by molar-refractivity contribution is 6.04. The summed E-state index contributed by atoms with van der Waals surface area (Å²) in [7, 11) is 1.54. The molecule has 0 fully saturated rings. The Morgan fingerprint density at radius 2 is 1.71 bits per heavy atom. The van der Waals surface area contributed by atoms with Gasteiger partial charge in [-0.1, -0.05) is 12.1 Å². The maximum absolute atomic E-state index is 12.4. The van der Waals surface area contributed by atoms with Gasteiger partial charge in [-0.2, -0.15) is 0 Å². The van der Waals surface area contributed by atoms with Gasteiger partial charge in [-0.15, -0.1) is 0 Å². The van der Waals surface area contributed by atoms with Gasteiger partial charge in [0.15, 0.2) is 0 Å². The number of nitro benzene ring substituents is 1. The molecule has 7 nitrogen and oxygen atoms in total. The van der Waals surface area contributed by atoms with Crippen molar-refractivity contribution >= 4 is 17.3 Å². The number of carbonyl (C=O) groups is 1. The van der Waals surface area contributed by atoms with Gasteiger partial charge in [0.25, 0.3) is 11.6 Å². The molecule has 0 radical (unpaired) electrons. The number of anilines is 1. The number of rotatable bonds is 6. The Morgan fingerprint density at radius 3 is 2.36 bits per heavy atom. The van der Waals surface area contributed by atoms with Crippen LogP contribution in [0.15, 0.2) is 66.7 Å². The zero-order valence-corrected chi connectivity index (χ0v) is 15.3. The Kier molecular flexibility index (Phi) is 5.55. The second-order valence-electron chi connectivity index (χ2n) is 6.07. The molecule has 28 heavy (non-hydrogen) atoms. The quantitative estimate of drug-likeness (QED) is 0.484. The largest absolute Gasteiger partial charge is 0.497 e. The van der Waals surface area contributed by atoms with Gasteiger partial charge >= 0.3 is 0 Å². The Morgan fingerprint density at radius 1 is 0.964 bits per heavy atom. The van der Waals surface area contributed by atoms with Gasteiger partial charge in [-0.05, 0) is 48.9 Å². The molecule has 1 amide bonds. The first-order valence-electron chi connectivity index (χ1n) is 8.44. The molecule has 0 aliphatic heterocycles. The maximum Gasteiger partial charge on any atom is 0.275 e. The van der Waals surface area contributed by atoms with Gasteiger partial charge in [0.05, 0.1) is 23.8 Å². The Labute approximate surface area is 161 Å². The van der Waals surface area contributed by atoms with E-state index in [0.29, 0.717) is 17.1 Å². The summed E-state index contributed by atoms with van der Waals surface area (Å²) in [6, 6.07) is 18.0. The van der Waals surface area contributed by atoms with Gasteiger partial charge in [0.2, 0.25) is 0 Å². The zero-order chi connectivity index (χ0) is 20.1. The number of nitrogens with zero attached hydrogens (tertiary/aromatic N) is 1. The molecule has 0 spiro atoms. The molecule has 3 aromatic rings. The second-order valence-corrected chi connectivity index (χ2v) is 6.07. The summed E-state index contributed by atoms with van der Waals surface area (Å²) in [5, 5.41) is 13.9. The summed E-state index contributed by atoms with van der Waals surface area (Å²) >= 11 is 0. The van der Waals surface area contributed by atoms with E-state index in [2.05, 4.69) is 5.32 Å². The highest BCUT2D eigenvalue weighted by atomic mass is 16.6. The number of benzene rings is 3. The third-order valence-corrected chi connectivity index (χ3v) is 3.94. The molecule has 0 heterocycles. The molecule has 1 N–H and O–H groups in total. The van der Waals surface area contributed by atoms with Crippen molar-refractivity contribution in [2.75, 3.05) is 12.4 Å². The zero-order valence-electron chi connectivity index (χ0n) is 15.3. The van der Waals surface area contributed by atoms with Gasteiger partial charge in [0, 0.05) is 17.7 Å². The van der Waals surface area contributed by atoms with Crippen LogP contribution >= 0.6 is 0 Å². The molecule has 0 aliphatic carbocycles. The number of hydrogen-bond acceptors (Lipinski definition) is 5. The van der Waals surface area contributed by atoms with Crippen LogP contribution in [0, 0.1) is 17.0 Å². The van der Waals surface area contributed by atoms with E-state index in [1.54, 1.807) is 30.3 Å². The van der Waals surface area contributed by atoms with Crippen LogP contribution in [0.2, 0.25) is 0 Å². The van der Waals surface area contributed by atoms with Crippen molar-refractivity contribution in [3.05, 3.63) is 88.0 Å². The predicted molar refractivity (Wildman–Crippen MR) is 105 cm³/mol. The summed E-state index contributed by atoms with van der Waals surface area (Å²) in [6.07, 6.45) is 0. The van der Waals surface area contributed by atoms with Crippen LogP contribution in [-0.4, -0.2) is 17.9 Å². The Hall–Kier alpha value is -3.87. The predicted octanol–water partition coefficient (Wildman–Crippen LogP) is 4.96. The molecule has 0 bridgehead atoms. The molecule has 0 saturated heterocycles. The molecule has 0 aliphatic rings. The normalized spacial score (nSPS) is 10.2. The van der Waals surface area contributed by atoms with E-state index in [9.17, 15) is 14.9 Å². The van der Waals surface area contributed by atoms with E-state index < -0.39 is 10.8 Å². The van der Waals surface area contributed by atoms with E-state index >= 15 is 0 Å². The average molecular weight is 378 g/mol. The van der Waals surface area contributed by atoms with Gasteiger partial charge in [-0.3, -0.25) is 14.9 Å². The Bertz CT molecular complexity index is 1020. The van der Waals surface area contributed by atoms with E-state index in [4.69, 9.17) is 9.47 Å². The maximum atomic E-state index is 12.4. The summed E-state index contributed by atoms with van der Waals surface area (Å²) in [6.45, 7) is 1.92. The molecule has 0 saturated carbocycles. The molecular weight excluding hydrogens is 360 g/mol. The Balaban J connectivity index is 1.86. The fourth-order valence-electron chi connectivity index (χ4n) is 2.58. The highest BCUT2D eigenvalue weighted by Gasteiger charge is 2.14. The highest BCUT2D eigenvalue weighted by Crippen LogP contribution is 2.30. The fraction of sp³-hybridized carbons (Fsp3) is 0.0952. The monoisotopic (exact) mass is 378 g/mol. The third-order valence-electron chi connectivity index (χ3n) is 3.94. The molecule has 0 unspecified atom stereocenters. The molecule has 0 aromatic heterocycles. The van der Waals surface area contributed by atoms with Crippen LogP contribution < -0.4 is 14.8 Å². The smallest absolute Gasteiger partial charge is 0.275 e. The number of amides is 1. The summed E-state index contributed by atoms with van der Waals surface area (Å²) in [4.78, 5) is 23.2. The van der Waals surface area contributed by atoms with Gasteiger partial charge in [-0.25, -0.2) is 0 Å². The van der Waals surface area contributed by atoms with E-state index in [1.807, 2.05) is 25.1 Å². The fourth-order valence-corrected chi connectivity index (χ4v) is 2.58. The number of hydrogen-bond donors (Lipinski definition) is 1. The van der Waals surface area contributed by atoms with Crippen molar-refractivity contribution in [1.82, 2.24) is 0 Å². The van der Waals surface area contributed by atoms with Crippen LogP contribution in [0.1, 0.15) is 15.9 Å². The van der Waals surface area contributed by atoms with Crippen LogP contribution in [-0.2, 0) is 0 Å². The number of ether oxygens (including phenoxy) is 2. The molecule has 3 rings (SSSR count). The molecule has 7 heteroatoms. The first-order valence-corrected chi connectivity index (χ1v) is 8.44. The standard InChI is InChI=1S/C21H18N2O5/c1-14-4-3-5-19(10-14)28-20-12-16(11-17(13-20)23(25)26)22-21(24)15-6-8-18(27-2)9-7-15/h3-13H,1-2H3,(H,22,24). The number of nitrogens with one attached hydrogen (secondary N) is 1. The van der Waals surface area contributed by atoms with Crippen LogP contribution in [0.3, 0.4) is 0 Å². The summed E-state index contributed by atoms with van der Waals surface area (Å²) < 4.78 is 10.8. The lowest BCUT2D eigenvalue weighted by Gasteiger charge is -2.10. The molecular formula is C21H18N2O5. The number of aryl methyl sites for hydroxylation is 1. The first-order chi connectivity index (χ1) is 13.4. The lowest BCUT2D eigenvalue weighted by atomic mass is 10.2. The van der Waals surface area contributed by atoms with Crippen molar-refractivity contribution in [3.8, 4) is 17.2 Å². The lowest BCUT2D eigenvalue weighted by Crippen LogP contribution is -2.12. The van der Waals surface area contributed by atoms with Crippen molar-refractivity contribution in [2.45, 2.75) is 6.92 Å². The van der Waals surface area contributed by atoms with Gasteiger partial charge < -0.3 is 14.8 Å². The summed E-state index contributed by atoms with van der Waals surface area (Å²) in [5.74, 6) is 1.03. The number of carbonyl (C=O) groups excluding carboxylic acids is 1. The minimum absolute atomic E-state index is 0.185. The topological polar surface area (TPSA) is 90.7 Å². The second kappa shape index (κ2) is 8.22. The van der Waals surface area contributed by atoms with E-state index in [0.717, 1.165) is 5.56 Å². The van der Waals surface area contributed by atoms with Crippen LogP contribution in [0.25, 0.3) is 0 Å². The number of nitro groups is 1. The van der Waals surface area contributed by atoms with Gasteiger partial charge in [0.1, 0.15) is 17.2 Å². The first kappa shape index (κ1) is 18.9. The molecule has 142 valence electrons. The van der Waals surface area contributed by atoms with Crippen molar-refractivity contribution in [2.24, 2.45) is 0 Å². The SMILES string of the molecule is COc1ccc(C(=O)Nc2cc(Oc3cccc(C)c3)cc([N+](=O)[O-])c2)cc1. The van der Waals surface area contributed by atoms with Crippen LogP contribution in [0.4, 0.5) is 11.4 Å². The molecule has 0 atom stereocenters. The van der Waals surface area contributed by atoms with Crippen LogP contribution in [0.5, 0.6) is 17.2 Å². The number of methoxy groups -OCH3 is 1. The minimum atomic E-state index is -0.536. The lowest BCUT2D eigenvalue weighted by molar-refractivity contribution is -0.384. The van der Waals surface area contributed by atoms with Crippen molar-refractivity contribution < 1.29 is 19.2 Å². The minimum Gasteiger partial charge on any atom is -0.497 e. The van der Waals surface area contributed by atoms with Crippen molar-refractivity contribution in [3.63, 3.8) is 0 Å². The van der Waals surface area contributed by atoms with Crippen molar-refractivity contribution in [1.29, 1.82) is 0 Å². The molecule has 3 aromatic carbocycles. The summed E-state index contributed by atoms with van der Waals surface area (Å²) in [5.41, 5.74) is 1.47.